The fraction of sp³-hybridized carbons (Fsp3) is 0.333. The molecule has 0 aliphatic rings. The van der Waals surface area contributed by atoms with E-state index in [0.717, 1.165) is 29.2 Å². The van der Waals surface area contributed by atoms with Crippen LogP contribution in [0.15, 0.2) is 70.4 Å². The number of aryl methyl sites for hydroxylation is 1. The third kappa shape index (κ3) is 8.54. The first-order valence-corrected chi connectivity index (χ1v) is 17.0. The summed E-state index contributed by atoms with van der Waals surface area (Å²) >= 11 is 0. The largest absolute Gasteiger partial charge is 0.449 e. The highest BCUT2D eigenvalue weighted by atomic mass is 32.2. The summed E-state index contributed by atoms with van der Waals surface area (Å²) < 4.78 is 91.9. The predicted octanol–water partition coefficient (Wildman–Crippen LogP) is 5.82. The van der Waals surface area contributed by atoms with Gasteiger partial charge < -0.3 is 10.1 Å². The summed E-state index contributed by atoms with van der Waals surface area (Å²) in [5.74, 6) is -1.37. The van der Waals surface area contributed by atoms with Crippen LogP contribution in [0.1, 0.15) is 67.3 Å². The van der Waals surface area contributed by atoms with Gasteiger partial charge in [0.15, 0.2) is 0 Å². The van der Waals surface area contributed by atoms with Gasteiger partial charge in [0.05, 0.1) is 29.3 Å². The molecule has 0 aliphatic heterocycles. The zero-order valence-electron chi connectivity index (χ0n) is 26.9. The van der Waals surface area contributed by atoms with E-state index in [-0.39, 0.29) is 46.0 Å². The second-order valence-electron chi connectivity index (χ2n) is 10.9. The van der Waals surface area contributed by atoms with Gasteiger partial charge in [0.1, 0.15) is 11.6 Å². The van der Waals surface area contributed by atoms with E-state index in [4.69, 9.17) is 0 Å². The summed E-state index contributed by atoms with van der Waals surface area (Å²) in [6.45, 7) is 5.03. The van der Waals surface area contributed by atoms with Gasteiger partial charge in [-0.3, -0.25) is 9.36 Å². The molecule has 11 nitrogen and oxygen atoms in total. The molecule has 0 spiro atoms. The van der Waals surface area contributed by atoms with Gasteiger partial charge in [-0.05, 0) is 55.7 Å². The summed E-state index contributed by atoms with van der Waals surface area (Å²) in [5, 5.41) is 6.82. The molecule has 0 bridgehead atoms. The van der Waals surface area contributed by atoms with E-state index in [2.05, 4.69) is 15.2 Å². The maximum Gasteiger partial charge on any atom is 0.421 e. The lowest BCUT2D eigenvalue weighted by atomic mass is 10.0. The number of benzene rings is 3. The van der Waals surface area contributed by atoms with E-state index in [1.54, 1.807) is 11.6 Å². The van der Waals surface area contributed by atoms with Crippen LogP contribution in [0.4, 0.5) is 22.4 Å². The number of rotatable bonds is 13. The Bertz CT molecular complexity index is 2010. The number of ether oxygens (including phenoxy) is 1. The van der Waals surface area contributed by atoms with Crippen molar-refractivity contribution in [3.05, 3.63) is 99.5 Å². The van der Waals surface area contributed by atoms with Crippen molar-refractivity contribution < 1.29 is 40.3 Å². The van der Waals surface area contributed by atoms with Crippen LogP contribution in [0.2, 0.25) is 0 Å². The SMILES string of the molecule is CCCCNC(=O)c1ccc(C(F)(F)F)c(-n2nc(CCC)n(Cc3ccc(-c4ccccc4S(=O)(=O)NC(=O)OCC)cc3F)c2=O)c1. The average Bonchev–Trinajstić information content (AvgIpc) is 3.35. The molecule has 1 aromatic heterocycles. The number of halogens is 4. The second-order valence-corrected chi connectivity index (χ2v) is 12.6. The maximum absolute atomic E-state index is 15.7. The van der Waals surface area contributed by atoms with Crippen molar-refractivity contribution >= 4 is 22.0 Å². The molecular weight excluding hydrogens is 670 g/mol. The molecule has 2 N–H and O–H groups in total. The molecule has 0 radical (unpaired) electrons. The number of unbranched alkanes of at least 4 members (excludes halogenated alkanes) is 1. The van der Waals surface area contributed by atoms with Crippen LogP contribution in [0.25, 0.3) is 16.8 Å². The predicted molar refractivity (Wildman–Crippen MR) is 172 cm³/mol. The maximum atomic E-state index is 15.7. The lowest BCUT2D eigenvalue weighted by molar-refractivity contribution is -0.137. The molecule has 4 rings (SSSR count). The van der Waals surface area contributed by atoms with E-state index in [9.17, 15) is 36.0 Å². The molecule has 0 saturated carbocycles. The van der Waals surface area contributed by atoms with Gasteiger partial charge in [0.25, 0.3) is 15.9 Å². The molecule has 3 aromatic carbocycles. The number of carbonyl (C=O) groups excluding carboxylic acids is 2. The number of alkyl halides is 3. The van der Waals surface area contributed by atoms with Crippen molar-refractivity contribution in [2.75, 3.05) is 13.2 Å². The highest BCUT2D eigenvalue weighted by Gasteiger charge is 2.36. The number of carbonyl (C=O) groups is 2. The van der Waals surface area contributed by atoms with Gasteiger partial charge in [-0.15, -0.1) is 5.10 Å². The molecule has 0 atom stereocenters. The van der Waals surface area contributed by atoms with Gasteiger partial charge in [-0.25, -0.2) is 27.1 Å². The van der Waals surface area contributed by atoms with Gasteiger partial charge in [0, 0.05) is 29.7 Å². The second kappa shape index (κ2) is 15.5. The van der Waals surface area contributed by atoms with Crippen LogP contribution in [-0.2, 0) is 33.9 Å². The van der Waals surface area contributed by atoms with Crippen molar-refractivity contribution in [1.82, 2.24) is 24.4 Å². The Morgan fingerprint density at radius 3 is 2.37 bits per heavy atom. The Morgan fingerprint density at radius 1 is 0.980 bits per heavy atom. The molecular formula is C33H35F4N5O6S. The van der Waals surface area contributed by atoms with Gasteiger partial charge in [-0.1, -0.05) is 50.6 Å². The Labute approximate surface area is 280 Å². The molecule has 0 fully saturated rings. The number of sulfonamides is 1. The minimum atomic E-state index is -4.89. The van der Waals surface area contributed by atoms with Crippen LogP contribution in [0.5, 0.6) is 0 Å². The number of amides is 2. The number of nitrogens with zero attached hydrogens (tertiary/aromatic N) is 3. The lowest BCUT2D eigenvalue weighted by Crippen LogP contribution is -2.31. The van der Waals surface area contributed by atoms with Crippen LogP contribution in [-0.4, -0.2) is 47.9 Å². The van der Waals surface area contributed by atoms with Gasteiger partial charge in [-0.2, -0.15) is 17.9 Å². The lowest BCUT2D eigenvalue weighted by Gasteiger charge is -2.14. The van der Waals surface area contributed by atoms with Crippen molar-refractivity contribution in [3.8, 4) is 16.8 Å². The van der Waals surface area contributed by atoms with Crippen molar-refractivity contribution in [2.45, 2.75) is 64.1 Å². The van der Waals surface area contributed by atoms with E-state index < -0.39 is 57.5 Å². The monoisotopic (exact) mass is 705 g/mol. The van der Waals surface area contributed by atoms with Crippen LogP contribution < -0.4 is 15.7 Å². The zero-order valence-corrected chi connectivity index (χ0v) is 27.8. The minimum Gasteiger partial charge on any atom is -0.449 e. The molecule has 4 aromatic rings. The summed E-state index contributed by atoms with van der Waals surface area (Å²) in [7, 11) is -4.41. The van der Waals surface area contributed by atoms with Gasteiger partial charge >= 0.3 is 18.0 Å². The number of hydrogen-bond donors (Lipinski definition) is 2. The normalized spacial score (nSPS) is 11.7. The molecule has 0 unspecified atom stereocenters. The zero-order chi connectivity index (χ0) is 35.9. The van der Waals surface area contributed by atoms with E-state index >= 15 is 4.39 Å². The molecule has 49 heavy (non-hydrogen) atoms. The highest BCUT2D eigenvalue weighted by molar-refractivity contribution is 7.90. The third-order valence-electron chi connectivity index (χ3n) is 7.38. The number of hydrogen-bond acceptors (Lipinski definition) is 7. The fourth-order valence-corrected chi connectivity index (χ4v) is 6.13. The first-order chi connectivity index (χ1) is 23.2. The van der Waals surface area contributed by atoms with Crippen LogP contribution >= 0.6 is 0 Å². The average molecular weight is 706 g/mol. The smallest absolute Gasteiger partial charge is 0.421 e. The Morgan fingerprint density at radius 2 is 1.71 bits per heavy atom. The van der Waals surface area contributed by atoms with Crippen LogP contribution in [0.3, 0.4) is 0 Å². The highest BCUT2D eigenvalue weighted by Crippen LogP contribution is 2.34. The third-order valence-corrected chi connectivity index (χ3v) is 8.75. The first kappa shape index (κ1) is 36.8. The first-order valence-electron chi connectivity index (χ1n) is 15.5. The topological polar surface area (TPSA) is 141 Å². The Balaban J connectivity index is 1.75. The number of nitrogens with one attached hydrogen (secondary N) is 2. The van der Waals surface area contributed by atoms with E-state index in [1.807, 2.05) is 6.92 Å². The number of aromatic nitrogens is 3. The fourth-order valence-electron chi connectivity index (χ4n) is 5.01. The molecule has 262 valence electrons. The molecule has 1 heterocycles. The quantitative estimate of drug-likeness (QED) is 0.132. The van der Waals surface area contributed by atoms with E-state index in [0.29, 0.717) is 30.1 Å². The Kier molecular flexibility index (Phi) is 11.6. The van der Waals surface area contributed by atoms with Crippen molar-refractivity contribution in [3.63, 3.8) is 0 Å². The Hall–Kier alpha value is -4.99. The summed E-state index contributed by atoms with van der Waals surface area (Å²) in [5.41, 5.74) is -2.75. The molecule has 0 saturated heterocycles. The molecule has 0 aliphatic carbocycles. The van der Waals surface area contributed by atoms with E-state index in [1.165, 1.54) is 43.3 Å². The summed E-state index contributed by atoms with van der Waals surface area (Å²) in [4.78, 5) is 37.9. The summed E-state index contributed by atoms with van der Waals surface area (Å²) in [6.07, 6.45) is -4.00. The van der Waals surface area contributed by atoms with Crippen LogP contribution in [0, 0.1) is 5.82 Å². The van der Waals surface area contributed by atoms with Gasteiger partial charge in [0.2, 0.25) is 0 Å². The minimum absolute atomic E-state index is 0.0344. The molecule has 2 amide bonds. The van der Waals surface area contributed by atoms with Crippen molar-refractivity contribution in [1.29, 1.82) is 0 Å². The standard InChI is InChI=1S/C33H35F4N5O6S/c1-4-7-17-38-30(43)22-15-16-25(33(35,36)37)27(19-22)42-32(45)41(29(39-42)10-5-2)20-23-14-13-21(18-26(23)34)24-11-8-9-12-28(24)49(46,47)40-31(44)48-6-3/h8-9,11-16,18-19H,4-7,10,17,20H2,1-3H3,(H,38,43)(H,40,44). The molecule has 16 heteroatoms. The van der Waals surface area contributed by atoms with Crippen molar-refractivity contribution in [2.24, 2.45) is 0 Å². The summed E-state index contributed by atoms with van der Waals surface area (Å²) in [6, 6.07) is 12.1.